The fraction of sp³-hybridized carbons (Fsp3) is 0.316. The molecule has 0 fully saturated rings. The first-order valence-corrected chi connectivity index (χ1v) is 7.56. The van der Waals surface area contributed by atoms with Gasteiger partial charge in [0.25, 0.3) is 0 Å². The van der Waals surface area contributed by atoms with E-state index < -0.39 is 11.7 Å². The van der Waals surface area contributed by atoms with Gasteiger partial charge in [0.2, 0.25) is 0 Å². The zero-order valence-corrected chi connectivity index (χ0v) is 12.9. The van der Waals surface area contributed by atoms with Gasteiger partial charge >= 0.3 is 6.18 Å². The van der Waals surface area contributed by atoms with Gasteiger partial charge in [0.05, 0.1) is 11.6 Å². The molecule has 1 nitrogen and oxygen atoms in total. The molecule has 2 aromatic rings. The second kappa shape index (κ2) is 7.32. The Balaban J connectivity index is 2.18. The van der Waals surface area contributed by atoms with E-state index >= 15 is 0 Å². The minimum atomic E-state index is -4.31. The molecular formula is C19H18F3N. The van der Waals surface area contributed by atoms with Gasteiger partial charge in [-0.15, -0.1) is 0 Å². The average Bonchev–Trinajstić information content (AvgIpc) is 2.54. The topological polar surface area (TPSA) is 23.8 Å². The Labute approximate surface area is 134 Å². The van der Waals surface area contributed by atoms with Gasteiger partial charge in [-0.1, -0.05) is 43.3 Å². The third kappa shape index (κ3) is 4.59. The molecule has 0 aromatic heterocycles. The van der Waals surface area contributed by atoms with E-state index in [9.17, 15) is 13.2 Å². The van der Waals surface area contributed by atoms with Crippen LogP contribution in [0.3, 0.4) is 0 Å². The van der Waals surface area contributed by atoms with Gasteiger partial charge in [-0.2, -0.15) is 18.4 Å². The number of rotatable bonds is 5. The van der Waals surface area contributed by atoms with Gasteiger partial charge in [-0.05, 0) is 47.6 Å². The highest BCUT2D eigenvalue weighted by atomic mass is 19.4. The molecule has 120 valence electrons. The minimum Gasteiger partial charge on any atom is -0.198 e. The molecule has 0 aliphatic rings. The standard InChI is InChI=1S/C19H18F3N/c1-14(5-2-3-12-23)16-6-4-7-17(13-16)15-8-10-18(11-9-15)19(20,21)22/h4,6-11,13-14H,2-3,5H2,1H3. The van der Waals surface area contributed by atoms with Crippen molar-refractivity contribution in [3.63, 3.8) is 0 Å². The molecule has 2 rings (SSSR count). The van der Waals surface area contributed by atoms with Crippen LogP contribution in [-0.2, 0) is 6.18 Å². The molecule has 0 amide bonds. The quantitative estimate of drug-likeness (QED) is 0.605. The van der Waals surface area contributed by atoms with Crippen molar-refractivity contribution in [2.75, 3.05) is 0 Å². The van der Waals surface area contributed by atoms with Crippen LogP contribution >= 0.6 is 0 Å². The first-order valence-electron chi connectivity index (χ1n) is 7.56. The number of hydrogen-bond acceptors (Lipinski definition) is 1. The lowest BCUT2D eigenvalue weighted by Gasteiger charge is -2.13. The van der Waals surface area contributed by atoms with E-state index in [1.807, 2.05) is 24.3 Å². The Hall–Kier alpha value is -2.28. The number of nitrogens with zero attached hydrogens (tertiary/aromatic N) is 1. The van der Waals surface area contributed by atoms with Crippen LogP contribution < -0.4 is 0 Å². The summed E-state index contributed by atoms with van der Waals surface area (Å²) in [7, 11) is 0. The van der Waals surface area contributed by atoms with Crippen molar-refractivity contribution in [1.29, 1.82) is 5.26 Å². The van der Waals surface area contributed by atoms with Crippen molar-refractivity contribution in [2.45, 2.75) is 38.3 Å². The van der Waals surface area contributed by atoms with Crippen LogP contribution in [0.1, 0.15) is 43.2 Å². The summed E-state index contributed by atoms with van der Waals surface area (Å²) < 4.78 is 37.9. The lowest BCUT2D eigenvalue weighted by atomic mass is 9.92. The Bertz CT molecular complexity index is 681. The van der Waals surface area contributed by atoms with Crippen molar-refractivity contribution in [3.05, 3.63) is 59.7 Å². The summed E-state index contributed by atoms with van der Waals surface area (Å²) >= 11 is 0. The van der Waals surface area contributed by atoms with E-state index in [0.29, 0.717) is 12.3 Å². The summed E-state index contributed by atoms with van der Waals surface area (Å²) in [6.45, 7) is 2.10. The highest BCUT2D eigenvalue weighted by Gasteiger charge is 2.29. The highest BCUT2D eigenvalue weighted by Crippen LogP contribution is 2.32. The molecule has 0 spiro atoms. The van der Waals surface area contributed by atoms with Crippen LogP contribution in [0.4, 0.5) is 13.2 Å². The normalized spacial score (nSPS) is 12.7. The van der Waals surface area contributed by atoms with E-state index in [4.69, 9.17) is 5.26 Å². The molecule has 0 radical (unpaired) electrons. The van der Waals surface area contributed by atoms with E-state index in [0.717, 1.165) is 41.7 Å². The molecule has 2 aromatic carbocycles. The largest absolute Gasteiger partial charge is 0.416 e. The lowest BCUT2D eigenvalue weighted by molar-refractivity contribution is -0.137. The van der Waals surface area contributed by atoms with Crippen LogP contribution in [0.25, 0.3) is 11.1 Å². The lowest BCUT2D eigenvalue weighted by Crippen LogP contribution is -2.04. The molecule has 0 N–H and O–H groups in total. The molecule has 0 saturated heterocycles. The van der Waals surface area contributed by atoms with Crippen molar-refractivity contribution in [3.8, 4) is 17.2 Å². The number of nitriles is 1. The maximum atomic E-state index is 12.6. The smallest absolute Gasteiger partial charge is 0.198 e. The van der Waals surface area contributed by atoms with Crippen LogP contribution in [0.2, 0.25) is 0 Å². The first-order chi connectivity index (χ1) is 10.9. The molecule has 4 heteroatoms. The summed E-state index contributed by atoms with van der Waals surface area (Å²) in [6.07, 6.45) is -2.00. The van der Waals surface area contributed by atoms with Crippen LogP contribution in [-0.4, -0.2) is 0 Å². The first kappa shape index (κ1) is 17.1. The van der Waals surface area contributed by atoms with E-state index in [1.54, 1.807) is 0 Å². The molecule has 0 bridgehead atoms. The van der Waals surface area contributed by atoms with Gasteiger partial charge < -0.3 is 0 Å². The Morgan fingerprint density at radius 1 is 1.04 bits per heavy atom. The summed E-state index contributed by atoms with van der Waals surface area (Å²) in [5.74, 6) is 0.317. The maximum Gasteiger partial charge on any atom is 0.416 e. The predicted molar refractivity (Wildman–Crippen MR) is 84.8 cm³/mol. The third-order valence-electron chi connectivity index (χ3n) is 3.93. The molecule has 0 aliphatic heterocycles. The van der Waals surface area contributed by atoms with Gasteiger partial charge in [0.1, 0.15) is 0 Å². The van der Waals surface area contributed by atoms with E-state index in [-0.39, 0.29) is 0 Å². The van der Waals surface area contributed by atoms with Gasteiger partial charge in [0, 0.05) is 6.42 Å². The summed E-state index contributed by atoms with van der Waals surface area (Å²) in [5.41, 5.74) is 2.18. The zero-order valence-electron chi connectivity index (χ0n) is 12.9. The monoisotopic (exact) mass is 317 g/mol. The fourth-order valence-electron chi connectivity index (χ4n) is 2.53. The van der Waals surface area contributed by atoms with Crippen molar-refractivity contribution in [2.24, 2.45) is 0 Å². The molecule has 1 atom stereocenters. The second-order valence-corrected chi connectivity index (χ2v) is 5.65. The molecule has 0 saturated carbocycles. The molecule has 0 aliphatic carbocycles. The third-order valence-corrected chi connectivity index (χ3v) is 3.93. The van der Waals surface area contributed by atoms with E-state index in [1.165, 1.54) is 12.1 Å². The minimum absolute atomic E-state index is 0.317. The summed E-state index contributed by atoms with van der Waals surface area (Å²) in [6, 6.07) is 15.2. The number of hydrogen-bond donors (Lipinski definition) is 0. The van der Waals surface area contributed by atoms with Crippen LogP contribution in [0, 0.1) is 11.3 Å². The number of benzene rings is 2. The van der Waals surface area contributed by atoms with E-state index in [2.05, 4.69) is 13.0 Å². The van der Waals surface area contributed by atoms with Gasteiger partial charge in [-0.25, -0.2) is 0 Å². The number of halogens is 3. The van der Waals surface area contributed by atoms with Crippen LogP contribution in [0.15, 0.2) is 48.5 Å². The van der Waals surface area contributed by atoms with Gasteiger partial charge in [-0.3, -0.25) is 0 Å². The Morgan fingerprint density at radius 3 is 2.35 bits per heavy atom. The zero-order chi connectivity index (χ0) is 16.9. The summed E-state index contributed by atoms with van der Waals surface area (Å²) in [5, 5.41) is 8.59. The maximum absolute atomic E-state index is 12.6. The molecule has 0 heterocycles. The molecular weight excluding hydrogens is 299 g/mol. The Kier molecular flexibility index (Phi) is 5.44. The van der Waals surface area contributed by atoms with Crippen molar-refractivity contribution >= 4 is 0 Å². The predicted octanol–water partition coefficient (Wildman–Crippen LogP) is 6.17. The fourth-order valence-corrected chi connectivity index (χ4v) is 2.53. The molecule has 23 heavy (non-hydrogen) atoms. The summed E-state index contributed by atoms with van der Waals surface area (Å²) in [4.78, 5) is 0. The SMILES string of the molecule is CC(CCCC#N)c1cccc(-c2ccc(C(F)(F)F)cc2)c1. The van der Waals surface area contributed by atoms with Gasteiger partial charge in [0.15, 0.2) is 0 Å². The average molecular weight is 317 g/mol. The Morgan fingerprint density at radius 2 is 1.74 bits per heavy atom. The number of alkyl halides is 3. The van der Waals surface area contributed by atoms with Crippen molar-refractivity contribution in [1.82, 2.24) is 0 Å². The second-order valence-electron chi connectivity index (χ2n) is 5.65. The highest BCUT2D eigenvalue weighted by molar-refractivity contribution is 5.64. The molecule has 1 unspecified atom stereocenters. The van der Waals surface area contributed by atoms with Crippen molar-refractivity contribution < 1.29 is 13.2 Å². The van der Waals surface area contributed by atoms with Crippen LogP contribution in [0.5, 0.6) is 0 Å². The number of unbranched alkanes of at least 4 members (excludes halogenated alkanes) is 1.